The highest BCUT2D eigenvalue weighted by molar-refractivity contribution is 5.73. The summed E-state index contributed by atoms with van der Waals surface area (Å²) in [5.41, 5.74) is 0. The predicted octanol–water partition coefficient (Wildman–Crippen LogP) is 1.53. The van der Waals surface area contributed by atoms with E-state index >= 15 is 0 Å². The monoisotopic (exact) mass is 196 g/mol. The van der Waals surface area contributed by atoms with Gasteiger partial charge in [-0.3, -0.25) is 4.79 Å². The minimum atomic E-state index is -0.936. The van der Waals surface area contributed by atoms with Crippen molar-refractivity contribution in [3.8, 4) is 0 Å². The summed E-state index contributed by atoms with van der Waals surface area (Å²) in [7, 11) is 0. The summed E-state index contributed by atoms with van der Waals surface area (Å²) in [6.07, 6.45) is 3.34. The molecule has 1 heterocycles. The first kappa shape index (κ1) is 9.18. The molecule has 76 valence electrons. The van der Waals surface area contributed by atoms with Crippen molar-refractivity contribution in [1.29, 1.82) is 0 Å². The fraction of sp³-hybridized carbons (Fsp3) is 0.667. The maximum atomic E-state index is 10.6. The number of aromatic nitrogens is 2. The molecule has 1 saturated carbocycles. The topological polar surface area (TPSA) is 76.2 Å². The number of hydrogen-bond acceptors (Lipinski definition) is 4. The summed E-state index contributed by atoms with van der Waals surface area (Å²) in [6.45, 7) is 1.54. The van der Waals surface area contributed by atoms with Gasteiger partial charge in [0.2, 0.25) is 11.8 Å². The lowest BCUT2D eigenvalue weighted by molar-refractivity contribution is -0.138. The van der Waals surface area contributed by atoms with Crippen LogP contribution in [0, 0.1) is 0 Å². The quantitative estimate of drug-likeness (QED) is 0.793. The van der Waals surface area contributed by atoms with E-state index in [-0.39, 0.29) is 5.89 Å². The Bertz CT molecular complexity index is 344. The molecule has 1 fully saturated rings. The summed E-state index contributed by atoms with van der Waals surface area (Å²) in [4.78, 5) is 10.6. The number of carboxylic acids is 1. The van der Waals surface area contributed by atoms with Crippen LogP contribution in [-0.4, -0.2) is 21.3 Å². The van der Waals surface area contributed by atoms with Gasteiger partial charge in [0.25, 0.3) is 0 Å². The van der Waals surface area contributed by atoms with Crippen molar-refractivity contribution in [1.82, 2.24) is 10.2 Å². The zero-order chi connectivity index (χ0) is 10.1. The lowest BCUT2D eigenvalue weighted by atomic mass is 9.85. The van der Waals surface area contributed by atoms with Gasteiger partial charge >= 0.3 is 5.97 Å². The maximum Gasteiger partial charge on any atom is 0.315 e. The van der Waals surface area contributed by atoms with Gasteiger partial charge in [0.1, 0.15) is 5.92 Å². The van der Waals surface area contributed by atoms with Gasteiger partial charge in [0.05, 0.1) is 0 Å². The van der Waals surface area contributed by atoms with Crippen LogP contribution in [0.3, 0.4) is 0 Å². The third-order valence-corrected chi connectivity index (χ3v) is 2.65. The van der Waals surface area contributed by atoms with Crippen molar-refractivity contribution >= 4 is 5.97 Å². The molecule has 14 heavy (non-hydrogen) atoms. The second-order valence-corrected chi connectivity index (χ2v) is 3.67. The molecule has 1 aliphatic rings. The highest BCUT2D eigenvalue weighted by Gasteiger charge is 2.27. The Labute approximate surface area is 81.1 Å². The smallest absolute Gasteiger partial charge is 0.315 e. The van der Waals surface area contributed by atoms with Crippen molar-refractivity contribution < 1.29 is 14.3 Å². The van der Waals surface area contributed by atoms with Gasteiger partial charge in [-0.25, -0.2) is 0 Å². The first-order chi connectivity index (χ1) is 6.68. The van der Waals surface area contributed by atoms with Crippen LogP contribution in [0.25, 0.3) is 0 Å². The molecule has 0 aliphatic heterocycles. The molecule has 1 unspecified atom stereocenters. The largest absolute Gasteiger partial charge is 0.481 e. The molecule has 0 radical (unpaired) electrons. The van der Waals surface area contributed by atoms with Crippen LogP contribution in [0.15, 0.2) is 4.42 Å². The summed E-state index contributed by atoms with van der Waals surface area (Å²) in [6, 6.07) is 0. The SMILES string of the molecule is CC(C(=O)O)c1nnc(C2CCC2)o1. The third kappa shape index (κ3) is 1.49. The van der Waals surface area contributed by atoms with Crippen LogP contribution in [0.4, 0.5) is 0 Å². The molecule has 1 atom stereocenters. The van der Waals surface area contributed by atoms with E-state index in [1.807, 2.05) is 0 Å². The van der Waals surface area contributed by atoms with Gasteiger partial charge in [-0.05, 0) is 19.8 Å². The molecule has 0 aromatic carbocycles. The zero-order valence-corrected chi connectivity index (χ0v) is 7.93. The third-order valence-electron chi connectivity index (χ3n) is 2.65. The minimum absolute atomic E-state index is 0.208. The molecular formula is C9H12N2O3. The van der Waals surface area contributed by atoms with Crippen molar-refractivity contribution in [3.63, 3.8) is 0 Å². The highest BCUT2D eigenvalue weighted by atomic mass is 16.4. The van der Waals surface area contributed by atoms with Crippen molar-refractivity contribution in [2.75, 3.05) is 0 Å². The molecule has 0 amide bonds. The number of nitrogens with zero attached hydrogens (tertiary/aromatic N) is 2. The second-order valence-electron chi connectivity index (χ2n) is 3.67. The summed E-state index contributed by atoms with van der Waals surface area (Å²) < 4.78 is 5.31. The number of carbonyl (C=O) groups is 1. The number of aliphatic carboxylic acids is 1. The predicted molar refractivity (Wildman–Crippen MR) is 46.9 cm³/mol. The summed E-state index contributed by atoms with van der Waals surface area (Å²) in [5, 5.41) is 16.3. The number of rotatable bonds is 3. The first-order valence-corrected chi connectivity index (χ1v) is 4.74. The van der Waals surface area contributed by atoms with Crippen LogP contribution in [0.5, 0.6) is 0 Å². The molecule has 1 aliphatic carbocycles. The molecule has 0 bridgehead atoms. The summed E-state index contributed by atoms with van der Waals surface area (Å²) in [5.74, 6) is -0.485. The van der Waals surface area contributed by atoms with E-state index in [2.05, 4.69) is 10.2 Å². The summed E-state index contributed by atoms with van der Waals surface area (Å²) >= 11 is 0. The first-order valence-electron chi connectivity index (χ1n) is 4.74. The van der Waals surface area contributed by atoms with Crippen molar-refractivity contribution in [3.05, 3.63) is 11.8 Å². The molecule has 2 rings (SSSR count). The second kappa shape index (κ2) is 3.40. The average Bonchev–Trinajstić information content (AvgIpc) is 2.48. The van der Waals surface area contributed by atoms with E-state index in [1.165, 1.54) is 6.42 Å². The zero-order valence-electron chi connectivity index (χ0n) is 7.93. The van der Waals surface area contributed by atoms with Crippen LogP contribution in [-0.2, 0) is 4.79 Å². The normalized spacial score (nSPS) is 18.9. The van der Waals surface area contributed by atoms with Crippen LogP contribution < -0.4 is 0 Å². The Hall–Kier alpha value is -1.39. The van der Waals surface area contributed by atoms with E-state index in [0.717, 1.165) is 12.8 Å². The minimum Gasteiger partial charge on any atom is -0.481 e. The van der Waals surface area contributed by atoms with Gasteiger partial charge in [0, 0.05) is 5.92 Å². The fourth-order valence-electron chi connectivity index (χ4n) is 1.35. The van der Waals surface area contributed by atoms with E-state index in [9.17, 15) is 4.79 Å². The highest BCUT2D eigenvalue weighted by Crippen LogP contribution is 2.35. The Kier molecular flexibility index (Phi) is 2.23. The molecule has 0 saturated heterocycles. The number of hydrogen-bond donors (Lipinski definition) is 1. The van der Waals surface area contributed by atoms with Crippen LogP contribution >= 0.6 is 0 Å². The van der Waals surface area contributed by atoms with Crippen LogP contribution in [0.1, 0.15) is 49.8 Å². The lowest BCUT2D eigenvalue weighted by Gasteiger charge is -2.20. The maximum absolute atomic E-state index is 10.6. The number of carboxylic acid groups (broad SMARTS) is 1. The molecule has 1 aromatic heterocycles. The lowest BCUT2D eigenvalue weighted by Crippen LogP contribution is -2.09. The molecule has 0 spiro atoms. The molecular weight excluding hydrogens is 184 g/mol. The van der Waals surface area contributed by atoms with E-state index in [4.69, 9.17) is 9.52 Å². The van der Waals surface area contributed by atoms with Gasteiger partial charge in [-0.1, -0.05) is 6.42 Å². The molecule has 5 heteroatoms. The standard InChI is InChI=1S/C9H12N2O3/c1-5(9(12)13)7-10-11-8(14-7)6-3-2-4-6/h5-6H,2-4H2,1H3,(H,12,13). The van der Waals surface area contributed by atoms with Crippen molar-refractivity contribution in [2.24, 2.45) is 0 Å². The fourth-order valence-corrected chi connectivity index (χ4v) is 1.35. The van der Waals surface area contributed by atoms with Gasteiger partial charge in [0.15, 0.2) is 0 Å². The van der Waals surface area contributed by atoms with E-state index < -0.39 is 11.9 Å². The van der Waals surface area contributed by atoms with E-state index in [1.54, 1.807) is 6.92 Å². The van der Waals surface area contributed by atoms with Gasteiger partial charge in [-0.2, -0.15) is 0 Å². The van der Waals surface area contributed by atoms with E-state index in [0.29, 0.717) is 11.8 Å². The Balaban J connectivity index is 2.12. The Morgan fingerprint density at radius 1 is 1.57 bits per heavy atom. The Morgan fingerprint density at radius 2 is 2.29 bits per heavy atom. The molecule has 1 aromatic rings. The van der Waals surface area contributed by atoms with Gasteiger partial charge < -0.3 is 9.52 Å². The van der Waals surface area contributed by atoms with Crippen LogP contribution in [0.2, 0.25) is 0 Å². The molecule has 5 nitrogen and oxygen atoms in total. The van der Waals surface area contributed by atoms with Crippen molar-refractivity contribution in [2.45, 2.75) is 38.0 Å². The van der Waals surface area contributed by atoms with Gasteiger partial charge in [-0.15, -0.1) is 10.2 Å². The Morgan fingerprint density at radius 3 is 2.79 bits per heavy atom. The average molecular weight is 196 g/mol. The molecule has 1 N–H and O–H groups in total.